The molecule has 8 aromatic rings. The van der Waals surface area contributed by atoms with Gasteiger partial charge in [0.05, 0.1) is 55.1 Å². The van der Waals surface area contributed by atoms with E-state index in [0.717, 1.165) is 106 Å². The maximum Gasteiger partial charge on any atom is 0.319 e. The van der Waals surface area contributed by atoms with Crippen LogP contribution in [0.15, 0.2) is 91.5 Å². The third-order valence-electron chi connectivity index (χ3n) is 16.3. The van der Waals surface area contributed by atoms with Crippen LogP contribution in [0.3, 0.4) is 0 Å². The van der Waals surface area contributed by atoms with Crippen LogP contribution >= 0.6 is 0 Å². The molecule has 7 heterocycles. The number of rotatable bonds is 19. The van der Waals surface area contributed by atoms with E-state index in [1.165, 1.54) is 11.0 Å². The highest BCUT2D eigenvalue weighted by molar-refractivity contribution is 6.06. The molecular formula is C62H74FN13O6. The summed E-state index contributed by atoms with van der Waals surface area (Å²) in [7, 11) is 1.66. The highest BCUT2D eigenvalue weighted by Gasteiger charge is 2.41. The van der Waals surface area contributed by atoms with Crippen LogP contribution in [-0.2, 0) is 20.9 Å². The second-order valence-electron chi connectivity index (χ2n) is 21.9. The predicted molar refractivity (Wildman–Crippen MR) is 313 cm³/mol. The maximum atomic E-state index is 15.8. The van der Waals surface area contributed by atoms with E-state index in [2.05, 4.69) is 97.3 Å². The topological polar surface area (TPSA) is 224 Å². The molecule has 0 spiro atoms. The molecule has 1 saturated carbocycles. The molecule has 6 atom stereocenters. The van der Waals surface area contributed by atoms with Gasteiger partial charge in [0.2, 0.25) is 12.3 Å². The van der Waals surface area contributed by atoms with Crippen LogP contribution in [0.5, 0.6) is 11.8 Å². The summed E-state index contributed by atoms with van der Waals surface area (Å²) in [6.07, 6.45) is 12.2. The fourth-order valence-electron chi connectivity index (χ4n) is 11.1. The van der Waals surface area contributed by atoms with E-state index in [4.69, 9.17) is 24.2 Å². The Balaban J connectivity index is 0.000000233. The van der Waals surface area contributed by atoms with Gasteiger partial charge in [-0.3, -0.25) is 14.7 Å². The third-order valence-corrected chi connectivity index (χ3v) is 16.3. The molecule has 3 saturated heterocycles. The number of hydrogen-bond acceptors (Lipinski definition) is 15. The van der Waals surface area contributed by atoms with Crippen molar-refractivity contribution < 1.29 is 33.3 Å². The molecule has 12 rings (SSSR count). The van der Waals surface area contributed by atoms with Gasteiger partial charge in [-0.05, 0) is 111 Å². The molecule has 1 aliphatic carbocycles. The summed E-state index contributed by atoms with van der Waals surface area (Å²) in [6.45, 7) is 17.0. The molecule has 3 aliphatic heterocycles. The second-order valence-corrected chi connectivity index (χ2v) is 21.9. The zero-order valence-corrected chi connectivity index (χ0v) is 48.0. The van der Waals surface area contributed by atoms with Crippen LogP contribution in [0.1, 0.15) is 114 Å². The number of aliphatic hydroxyl groups is 1. The largest absolute Gasteiger partial charge is 0.486 e. The first-order valence-electron chi connectivity index (χ1n) is 28.7. The average molecular weight is 1120 g/mol. The van der Waals surface area contributed by atoms with E-state index in [9.17, 15) is 14.7 Å². The summed E-state index contributed by atoms with van der Waals surface area (Å²) in [5.74, 6) is 1.62. The first-order chi connectivity index (χ1) is 39.9. The minimum absolute atomic E-state index is 0.159. The van der Waals surface area contributed by atoms with Crippen molar-refractivity contribution in [1.82, 2.24) is 60.9 Å². The van der Waals surface area contributed by atoms with Crippen molar-refractivity contribution >= 4 is 39.9 Å². The molecule has 4 aromatic heterocycles. The van der Waals surface area contributed by atoms with Gasteiger partial charge in [0.25, 0.3) is 0 Å². The lowest BCUT2D eigenvalue weighted by Gasteiger charge is -2.30. The summed E-state index contributed by atoms with van der Waals surface area (Å²) >= 11 is 0. The maximum absolute atomic E-state index is 15.8. The smallest absolute Gasteiger partial charge is 0.319 e. The number of aliphatic hydroxyl groups excluding tert-OH is 1. The van der Waals surface area contributed by atoms with Gasteiger partial charge >= 0.3 is 6.01 Å². The van der Waals surface area contributed by atoms with Crippen LogP contribution < -0.4 is 25.0 Å². The van der Waals surface area contributed by atoms with Gasteiger partial charge in [-0.1, -0.05) is 81.4 Å². The number of halogens is 1. The predicted octanol–water partition coefficient (Wildman–Crippen LogP) is 9.46. The number of aromatic amines is 1. The van der Waals surface area contributed by atoms with Crippen molar-refractivity contribution in [1.29, 1.82) is 0 Å². The first-order valence-corrected chi connectivity index (χ1v) is 28.7. The molecular weight excluding hydrogens is 1040 g/mol. The number of likely N-dealkylation sites (tertiary alicyclic amines) is 1. The van der Waals surface area contributed by atoms with Crippen molar-refractivity contribution in [3.8, 4) is 45.3 Å². The summed E-state index contributed by atoms with van der Waals surface area (Å²) in [5.41, 5.74) is 10.00. The number of anilines is 1. The molecule has 4 aromatic carbocycles. The minimum Gasteiger partial charge on any atom is -0.486 e. The number of amides is 2. The fourth-order valence-corrected chi connectivity index (χ4v) is 11.1. The van der Waals surface area contributed by atoms with Gasteiger partial charge in [-0.25, -0.2) is 9.07 Å². The molecule has 4 N–H and O–H groups in total. The first kappa shape index (κ1) is 57.3. The number of methoxy groups -OCH3 is 1. The Hall–Kier alpha value is -7.94. The standard InChI is InChI=1S/C42H48FN9O3.C18H20N4O3.C2H6/c1-22(2)25(5)52-19-36(49-50-52)28-9-7-26(8-10-28)21-54-40-38(37-24(4)34(43)15-35-33(37)17-45-48-35)31(27-11-12-27)14-32-39(40)46-42(55-20-23(3)53-6)47-41(32)51-18-29-13-30(51)16-44-29;23-11-16(21-18(25)17-2-1-9-22(17)12-24)14-5-3-13(4-6-14)15-7-8-19-20-10-15;1-2/h7-10,14-15,17,19,22-23,25,27,29-30,44H,11-13,16,18,20-21H2,1-6H3,(H,45,48);3-8,10,12,16-17,23H,1-2,9,11H2,(H,21,25);1-2H3/t23-,25?,29?,30?;;/m0../s1. The Morgan fingerprint density at radius 3 is 2.38 bits per heavy atom. The molecule has 20 heteroatoms. The Morgan fingerprint density at radius 1 is 0.927 bits per heavy atom. The van der Waals surface area contributed by atoms with Crippen LogP contribution in [0.25, 0.3) is 55.3 Å². The molecule has 4 aliphatic rings. The lowest BCUT2D eigenvalue weighted by molar-refractivity contribution is -0.131. The quantitative estimate of drug-likeness (QED) is 0.0554. The summed E-state index contributed by atoms with van der Waals surface area (Å²) < 4.78 is 36.6. The number of fused-ring (bicyclic) bond motifs is 4. The van der Waals surface area contributed by atoms with Crippen molar-refractivity contribution in [2.24, 2.45) is 5.92 Å². The van der Waals surface area contributed by atoms with E-state index < -0.39 is 12.1 Å². The van der Waals surface area contributed by atoms with Crippen LogP contribution in [-0.4, -0.2) is 132 Å². The Labute approximate surface area is 477 Å². The zero-order chi connectivity index (χ0) is 57.6. The fraction of sp³-hybridized carbons (Fsp3) is 0.435. The molecule has 4 fully saturated rings. The number of nitrogens with zero attached hydrogens (tertiary/aromatic N) is 10. The second kappa shape index (κ2) is 25.5. The summed E-state index contributed by atoms with van der Waals surface area (Å²) in [6, 6.07) is 21.6. The Bertz CT molecular complexity index is 3480. The highest BCUT2D eigenvalue weighted by atomic mass is 19.1. The van der Waals surface area contributed by atoms with Crippen LogP contribution in [0, 0.1) is 18.7 Å². The Morgan fingerprint density at radius 2 is 1.71 bits per heavy atom. The molecule has 0 radical (unpaired) electrons. The van der Waals surface area contributed by atoms with Gasteiger partial charge in [-0.2, -0.15) is 25.3 Å². The number of nitrogens with one attached hydrogen (secondary N) is 3. The molecule has 5 unspecified atom stereocenters. The number of ether oxygens (including phenoxy) is 3. The molecule has 2 bridgehead atoms. The summed E-state index contributed by atoms with van der Waals surface area (Å²) in [4.78, 5) is 37.5. The minimum atomic E-state index is -0.508. The SMILES string of the molecule is CC.CO[C@@H](C)COc1nc(N2CC3CC2CN3)c2cc(C3CC3)c(-c3c(C)c(F)cc4[nH]ncc34)c(OCc3ccc(-c4cn(C(C)C(C)C)nn4)cc3)c2n1.O=CN1CCCC1C(=O)NC(CO)c1ccc(-c2ccnnc2)cc1. The number of H-pyrrole nitrogens is 1. The number of piperazine rings is 1. The highest BCUT2D eigenvalue weighted by Crippen LogP contribution is 2.53. The van der Waals surface area contributed by atoms with Crippen molar-refractivity contribution in [2.45, 2.75) is 129 Å². The van der Waals surface area contributed by atoms with E-state index in [1.54, 1.807) is 25.7 Å². The average Bonchev–Trinajstić information content (AvgIpc) is 1.88. The normalized spacial score (nSPS) is 18.5. The number of carbonyl (C=O) groups is 2. The van der Waals surface area contributed by atoms with Crippen LogP contribution in [0.4, 0.5) is 10.2 Å². The van der Waals surface area contributed by atoms with Gasteiger partial charge in [0.15, 0.2) is 5.75 Å². The van der Waals surface area contributed by atoms with E-state index in [1.807, 2.05) is 68.9 Å². The van der Waals surface area contributed by atoms with Crippen molar-refractivity contribution in [3.05, 3.63) is 120 Å². The third kappa shape index (κ3) is 12.1. The van der Waals surface area contributed by atoms with Crippen molar-refractivity contribution in [3.63, 3.8) is 0 Å². The molecule has 82 heavy (non-hydrogen) atoms. The van der Waals surface area contributed by atoms with E-state index >= 15 is 4.39 Å². The zero-order valence-electron chi connectivity index (χ0n) is 48.0. The van der Waals surface area contributed by atoms with E-state index in [-0.39, 0.29) is 49.7 Å². The van der Waals surface area contributed by atoms with Gasteiger partial charge in [0, 0.05) is 71.9 Å². The number of hydrogen-bond donors (Lipinski definition) is 4. The lowest BCUT2D eigenvalue weighted by atomic mass is 9.88. The van der Waals surface area contributed by atoms with Gasteiger partial charge in [-0.15, -0.1) is 5.10 Å². The monoisotopic (exact) mass is 1120 g/mol. The number of benzene rings is 4. The van der Waals surface area contributed by atoms with Crippen molar-refractivity contribution in [2.75, 3.05) is 44.9 Å². The number of aromatic nitrogens is 9. The molecule has 2 amide bonds. The van der Waals surface area contributed by atoms with Gasteiger partial charge < -0.3 is 39.8 Å². The van der Waals surface area contributed by atoms with E-state index in [0.29, 0.717) is 65.6 Å². The molecule has 19 nitrogen and oxygen atoms in total. The molecule has 430 valence electrons. The number of carbonyl (C=O) groups excluding carboxylic acids is 2. The Kier molecular flexibility index (Phi) is 17.8. The summed E-state index contributed by atoms with van der Waals surface area (Å²) in [5, 5.41) is 41.7. The van der Waals surface area contributed by atoms with Gasteiger partial charge in [0.1, 0.15) is 42.1 Å². The lowest BCUT2D eigenvalue weighted by Crippen LogP contribution is -2.44. The van der Waals surface area contributed by atoms with Crippen LogP contribution in [0.2, 0.25) is 0 Å².